The number of halogens is 2. The number of rotatable bonds is 2. The highest BCUT2D eigenvalue weighted by molar-refractivity contribution is 6.42. The molecule has 21 heavy (non-hydrogen) atoms. The normalized spacial score (nSPS) is 25.1. The summed E-state index contributed by atoms with van der Waals surface area (Å²) in [6.07, 6.45) is 3.42. The third-order valence-electron chi connectivity index (χ3n) is 4.82. The van der Waals surface area contributed by atoms with Crippen molar-refractivity contribution in [3.8, 4) is 0 Å². The average Bonchev–Trinajstić information content (AvgIpc) is 3.05. The Morgan fingerprint density at radius 1 is 1.24 bits per heavy atom. The van der Waals surface area contributed by atoms with Gasteiger partial charge in [-0.05, 0) is 55.6 Å². The monoisotopic (exact) mass is 326 g/mol. The maximum absolute atomic E-state index is 11.9. The molecule has 0 saturated carbocycles. The van der Waals surface area contributed by atoms with E-state index in [2.05, 4.69) is 4.90 Å². The number of hydrogen-bond donors (Lipinski definition) is 0. The average molecular weight is 327 g/mol. The van der Waals surface area contributed by atoms with Crippen LogP contribution in [0.4, 0.5) is 0 Å². The fraction of sp³-hybridized carbons (Fsp3) is 0.562. The van der Waals surface area contributed by atoms with Gasteiger partial charge in [0.05, 0.1) is 16.1 Å². The molecule has 1 amide bonds. The molecule has 0 spiro atoms. The zero-order valence-electron chi connectivity index (χ0n) is 12.4. The van der Waals surface area contributed by atoms with Gasteiger partial charge in [-0.15, -0.1) is 0 Å². The summed E-state index contributed by atoms with van der Waals surface area (Å²) in [7, 11) is 1.88. The van der Waals surface area contributed by atoms with Gasteiger partial charge < -0.3 is 4.90 Å². The van der Waals surface area contributed by atoms with Crippen LogP contribution < -0.4 is 0 Å². The molecule has 0 N–H and O–H groups in total. The summed E-state index contributed by atoms with van der Waals surface area (Å²) in [6.45, 7) is 3.85. The van der Waals surface area contributed by atoms with Gasteiger partial charge in [0.25, 0.3) is 0 Å². The lowest BCUT2D eigenvalue weighted by Crippen LogP contribution is -2.43. The van der Waals surface area contributed by atoms with Gasteiger partial charge in [-0.25, -0.2) is 0 Å². The van der Waals surface area contributed by atoms with E-state index in [1.165, 1.54) is 18.4 Å². The molecule has 1 aromatic rings. The van der Waals surface area contributed by atoms with Crippen molar-refractivity contribution in [2.45, 2.75) is 38.3 Å². The number of fused-ring (bicyclic) bond motifs is 1. The first kappa shape index (κ1) is 15.1. The lowest BCUT2D eigenvalue weighted by atomic mass is 10.0. The van der Waals surface area contributed by atoms with Crippen molar-refractivity contribution in [1.29, 1.82) is 0 Å². The standard InChI is InChI=1S/C16H20Cl2N2O/c1-10(21)19(2)16-12-9-14(18)13(17)7-11(12)8-15(16)20-5-3-4-6-20/h7,9,15-16H,3-6,8H2,1-2H3. The Balaban J connectivity index is 2.01. The molecule has 1 aliphatic heterocycles. The molecule has 1 saturated heterocycles. The lowest BCUT2D eigenvalue weighted by Gasteiger charge is -2.35. The predicted octanol–water partition coefficient (Wildman–Crippen LogP) is 3.53. The van der Waals surface area contributed by atoms with Crippen LogP contribution in [0.15, 0.2) is 12.1 Å². The first-order chi connectivity index (χ1) is 9.99. The molecule has 3 rings (SSSR count). The van der Waals surface area contributed by atoms with Gasteiger partial charge in [-0.3, -0.25) is 9.69 Å². The lowest BCUT2D eigenvalue weighted by molar-refractivity contribution is -0.130. The third-order valence-corrected chi connectivity index (χ3v) is 5.54. The number of likely N-dealkylation sites (tertiary alicyclic amines) is 1. The van der Waals surface area contributed by atoms with Crippen molar-refractivity contribution in [1.82, 2.24) is 9.80 Å². The van der Waals surface area contributed by atoms with Gasteiger partial charge >= 0.3 is 0 Å². The molecule has 0 aromatic heterocycles. The number of carbonyl (C=O) groups is 1. The second kappa shape index (κ2) is 5.79. The van der Waals surface area contributed by atoms with Gasteiger partial charge in [0.15, 0.2) is 0 Å². The summed E-state index contributed by atoms with van der Waals surface area (Å²) >= 11 is 12.4. The molecule has 5 heteroatoms. The minimum atomic E-state index is 0.0744. The molecule has 0 bridgehead atoms. The van der Waals surface area contributed by atoms with E-state index >= 15 is 0 Å². The fourth-order valence-electron chi connectivity index (χ4n) is 3.66. The van der Waals surface area contributed by atoms with Gasteiger partial charge in [0.1, 0.15) is 0 Å². The molecule has 2 atom stereocenters. The summed E-state index contributed by atoms with van der Waals surface area (Å²) in [5.74, 6) is 0.0862. The van der Waals surface area contributed by atoms with Crippen LogP contribution in [0.1, 0.15) is 36.9 Å². The van der Waals surface area contributed by atoms with E-state index in [1.807, 2.05) is 24.1 Å². The van der Waals surface area contributed by atoms with E-state index in [9.17, 15) is 4.79 Å². The molecule has 1 aliphatic carbocycles. The SMILES string of the molecule is CC(=O)N(C)C1c2cc(Cl)c(Cl)cc2CC1N1CCCC1. The quantitative estimate of drug-likeness (QED) is 0.830. The Morgan fingerprint density at radius 2 is 1.86 bits per heavy atom. The molecular weight excluding hydrogens is 307 g/mol. The van der Waals surface area contributed by atoms with Crippen LogP contribution >= 0.6 is 23.2 Å². The van der Waals surface area contributed by atoms with E-state index in [-0.39, 0.29) is 11.9 Å². The number of benzene rings is 1. The maximum atomic E-state index is 11.9. The minimum absolute atomic E-state index is 0.0744. The van der Waals surface area contributed by atoms with Gasteiger partial charge in [0, 0.05) is 20.0 Å². The van der Waals surface area contributed by atoms with Gasteiger partial charge in [0.2, 0.25) is 5.91 Å². The highest BCUT2D eigenvalue weighted by atomic mass is 35.5. The molecule has 2 aliphatic rings. The molecule has 2 unspecified atom stereocenters. The van der Waals surface area contributed by atoms with E-state index in [4.69, 9.17) is 23.2 Å². The number of carbonyl (C=O) groups excluding carboxylic acids is 1. The maximum Gasteiger partial charge on any atom is 0.219 e. The minimum Gasteiger partial charge on any atom is -0.337 e. The van der Waals surface area contributed by atoms with E-state index in [1.54, 1.807) is 6.92 Å². The molecular formula is C16H20Cl2N2O. The Bertz CT molecular complexity index is 570. The van der Waals surface area contributed by atoms with Crippen molar-refractivity contribution >= 4 is 29.1 Å². The molecule has 1 fully saturated rings. The summed E-state index contributed by atoms with van der Waals surface area (Å²) in [4.78, 5) is 16.3. The van der Waals surface area contributed by atoms with Crippen LogP contribution in [0, 0.1) is 0 Å². The van der Waals surface area contributed by atoms with Crippen LogP contribution in [0.5, 0.6) is 0 Å². The number of hydrogen-bond acceptors (Lipinski definition) is 2. The molecule has 1 heterocycles. The summed E-state index contributed by atoms with van der Waals surface area (Å²) in [5, 5.41) is 1.17. The van der Waals surface area contributed by atoms with Crippen molar-refractivity contribution in [3.63, 3.8) is 0 Å². The number of nitrogens with zero attached hydrogens (tertiary/aromatic N) is 2. The Kier molecular flexibility index (Phi) is 4.17. The zero-order chi connectivity index (χ0) is 15.1. The second-order valence-corrected chi connectivity index (χ2v) is 6.87. The van der Waals surface area contributed by atoms with E-state index < -0.39 is 0 Å². The van der Waals surface area contributed by atoms with Crippen LogP contribution in [0.25, 0.3) is 0 Å². The number of likely N-dealkylation sites (N-methyl/N-ethyl adjacent to an activating group) is 1. The molecule has 0 radical (unpaired) electrons. The largest absolute Gasteiger partial charge is 0.337 e. The van der Waals surface area contributed by atoms with Crippen molar-refractivity contribution in [2.24, 2.45) is 0 Å². The second-order valence-electron chi connectivity index (χ2n) is 6.05. The predicted molar refractivity (Wildman–Crippen MR) is 85.9 cm³/mol. The van der Waals surface area contributed by atoms with Crippen LogP contribution in [-0.2, 0) is 11.2 Å². The fourth-order valence-corrected chi connectivity index (χ4v) is 4.02. The summed E-state index contributed by atoms with van der Waals surface area (Å²) in [6, 6.07) is 4.33. The van der Waals surface area contributed by atoms with Crippen molar-refractivity contribution in [3.05, 3.63) is 33.3 Å². The molecule has 114 valence electrons. The van der Waals surface area contributed by atoms with Crippen LogP contribution in [0.3, 0.4) is 0 Å². The topological polar surface area (TPSA) is 23.6 Å². The Hall–Kier alpha value is -0.770. The van der Waals surface area contributed by atoms with E-state index in [0.29, 0.717) is 16.1 Å². The van der Waals surface area contributed by atoms with Crippen molar-refractivity contribution < 1.29 is 4.79 Å². The smallest absolute Gasteiger partial charge is 0.219 e. The van der Waals surface area contributed by atoms with Gasteiger partial charge in [-0.1, -0.05) is 23.2 Å². The zero-order valence-corrected chi connectivity index (χ0v) is 13.9. The summed E-state index contributed by atoms with van der Waals surface area (Å²) < 4.78 is 0. The third kappa shape index (κ3) is 2.67. The first-order valence-corrected chi connectivity index (χ1v) is 8.20. The highest BCUT2D eigenvalue weighted by Crippen LogP contribution is 2.42. The molecule has 3 nitrogen and oxygen atoms in total. The van der Waals surface area contributed by atoms with Crippen molar-refractivity contribution in [2.75, 3.05) is 20.1 Å². The Labute approximate surface area is 135 Å². The Morgan fingerprint density at radius 3 is 2.48 bits per heavy atom. The van der Waals surface area contributed by atoms with Crippen LogP contribution in [0.2, 0.25) is 10.0 Å². The first-order valence-electron chi connectivity index (χ1n) is 7.44. The van der Waals surface area contributed by atoms with E-state index in [0.717, 1.165) is 25.1 Å². The molecule has 1 aromatic carbocycles. The number of amides is 1. The van der Waals surface area contributed by atoms with Crippen LogP contribution in [-0.4, -0.2) is 41.9 Å². The highest BCUT2D eigenvalue weighted by Gasteiger charge is 2.40. The van der Waals surface area contributed by atoms with Gasteiger partial charge in [-0.2, -0.15) is 0 Å². The summed E-state index contributed by atoms with van der Waals surface area (Å²) in [5.41, 5.74) is 2.37.